The first-order chi connectivity index (χ1) is 18.9. The van der Waals surface area contributed by atoms with E-state index in [0.717, 1.165) is 6.42 Å². The Morgan fingerprint density at radius 1 is 0.421 bits per heavy atom. The summed E-state index contributed by atoms with van der Waals surface area (Å²) in [6, 6.07) is 46.6. The predicted molar refractivity (Wildman–Crippen MR) is 163 cm³/mol. The molecule has 0 aliphatic heterocycles. The van der Waals surface area contributed by atoms with Gasteiger partial charge in [-0.25, -0.2) is 0 Å². The highest BCUT2D eigenvalue weighted by molar-refractivity contribution is 6.22. The molecule has 6 aromatic rings. The average molecular weight is 485 g/mol. The molecule has 0 saturated carbocycles. The molecule has 0 bridgehead atoms. The number of hydrogen-bond acceptors (Lipinski definition) is 0. The van der Waals surface area contributed by atoms with E-state index in [4.69, 9.17) is 0 Å². The van der Waals surface area contributed by atoms with Gasteiger partial charge in [-0.3, -0.25) is 0 Å². The molecule has 180 valence electrons. The molecule has 0 aromatic heterocycles. The zero-order valence-electron chi connectivity index (χ0n) is 21.2. The van der Waals surface area contributed by atoms with Crippen LogP contribution in [0, 0.1) is 0 Å². The third kappa shape index (κ3) is 3.86. The molecule has 7 rings (SSSR count). The highest BCUT2D eigenvalue weighted by Gasteiger charge is 2.19. The van der Waals surface area contributed by atoms with Crippen molar-refractivity contribution in [1.29, 1.82) is 0 Å². The first-order valence-corrected chi connectivity index (χ1v) is 13.4. The standard InChI is InChI=1S/C38H28/c1-3-13-27(14-4-1)28-23-25-30(26-24-28)37-33-19-9-11-21-35(33)38(36-22-12-10-20-34(36)37)32-18-8-7-17-31(32)29-15-5-2-6-16-29/h1-13,15-27H,14H2. The van der Waals surface area contributed by atoms with Crippen molar-refractivity contribution in [2.45, 2.75) is 12.3 Å². The minimum absolute atomic E-state index is 0.458. The van der Waals surface area contributed by atoms with Crippen LogP contribution < -0.4 is 0 Å². The lowest BCUT2D eigenvalue weighted by molar-refractivity contribution is 0.854. The topological polar surface area (TPSA) is 0 Å². The molecule has 0 amide bonds. The summed E-state index contributed by atoms with van der Waals surface area (Å²) >= 11 is 0. The Balaban J connectivity index is 1.49. The van der Waals surface area contributed by atoms with Gasteiger partial charge in [0, 0.05) is 5.92 Å². The van der Waals surface area contributed by atoms with Crippen LogP contribution in [0.15, 0.2) is 152 Å². The molecule has 0 spiro atoms. The fourth-order valence-electron chi connectivity index (χ4n) is 6.02. The average Bonchev–Trinajstić information content (AvgIpc) is 3.01. The molecule has 0 nitrogen and oxygen atoms in total. The van der Waals surface area contributed by atoms with Gasteiger partial charge >= 0.3 is 0 Å². The van der Waals surface area contributed by atoms with E-state index in [-0.39, 0.29) is 0 Å². The van der Waals surface area contributed by atoms with E-state index in [0.29, 0.717) is 5.92 Å². The zero-order valence-corrected chi connectivity index (χ0v) is 21.2. The van der Waals surface area contributed by atoms with Gasteiger partial charge in [-0.15, -0.1) is 0 Å². The lowest BCUT2D eigenvalue weighted by atomic mass is 9.83. The number of fused-ring (bicyclic) bond motifs is 2. The van der Waals surface area contributed by atoms with Crippen molar-refractivity contribution in [3.8, 4) is 33.4 Å². The quantitative estimate of drug-likeness (QED) is 0.218. The Morgan fingerprint density at radius 2 is 0.974 bits per heavy atom. The van der Waals surface area contributed by atoms with E-state index < -0.39 is 0 Å². The largest absolute Gasteiger partial charge is 0.0836 e. The van der Waals surface area contributed by atoms with E-state index in [1.54, 1.807) is 0 Å². The molecule has 38 heavy (non-hydrogen) atoms. The van der Waals surface area contributed by atoms with Crippen LogP contribution >= 0.6 is 0 Å². The van der Waals surface area contributed by atoms with Gasteiger partial charge in [-0.1, -0.05) is 152 Å². The van der Waals surface area contributed by atoms with Gasteiger partial charge in [-0.2, -0.15) is 0 Å². The minimum Gasteiger partial charge on any atom is -0.0836 e. The summed E-state index contributed by atoms with van der Waals surface area (Å²) in [7, 11) is 0. The third-order valence-corrected chi connectivity index (χ3v) is 7.82. The van der Waals surface area contributed by atoms with Crippen LogP contribution in [0.3, 0.4) is 0 Å². The molecule has 6 aromatic carbocycles. The maximum atomic E-state index is 2.31. The Hall–Kier alpha value is -4.68. The van der Waals surface area contributed by atoms with Gasteiger partial charge in [0.2, 0.25) is 0 Å². The molecule has 1 aliphatic carbocycles. The highest BCUT2D eigenvalue weighted by atomic mass is 14.2. The number of hydrogen-bond donors (Lipinski definition) is 0. The fourth-order valence-corrected chi connectivity index (χ4v) is 6.02. The lowest BCUT2D eigenvalue weighted by Gasteiger charge is -2.20. The van der Waals surface area contributed by atoms with Gasteiger partial charge < -0.3 is 0 Å². The number of rotatable bonds is 4. The van der Waals surface area contributed by atoms with Crippen molar-refractivity contribution in [1.82, 2.24) is 0 Å². The predicted octanol–water partition coefficient (Wildman–Crippen LogP) is 10.6. The van der Waals surface area contributed by atoms with Crippen LogP contribution in [0.5, 0.6) is 0 Å². The van der Waals surface area contributed by atoms with Crippen LogP contribution in [-0.4, -0.2) is 0 Å². The first kappa shape index (κ1) is 22.5. The number of benzene rings is 6. The molecule has 1 aliphatic rings. The normalized spacial score (nSPS) is 14.8. The van der Waals surface area contributed by atoms with E-state index in [1.807, 2.05) is 0 Å². The van der Waals surface area contributed by atoms with Crippen molar-refractivity contribution in [3.63, 3.8) is 0 Å². The van der Waals surface area contributed by atoms with Gasteiger partial charge in [0.15, 0.2) is 0 Å². The molecular weight excluding hydrogens is 456 g/mol. The molecule has 0 heteroatoms. The van der Waals surface area contributed by atoms with E-state index >= 15 is 0 Å². The van der Waals surface area contributed by atoms with Crippen molar-refractivity contribution < 1.29 is 0 Å². The van der Waals surface area contributed by atoms with Crippen molar-refractivity contribution in [2.75, 3.05) is 0 Å². The van der Waals surface area contributed by atoms with Crippen LogP contribution in [0.2, 0.25) is 0 Å². The monoisotopic (exact) mass is 484 g/mol. The van der Waals surface area contributed by atoms with Crippen LogP contribution in [0.25, 0.3) is 54.9 Å². The Labute approximate surface area is 224 Å². The van der Waals surface area contributed by atoms with E-state index in [9.17, 15) is 0 Å². The number of allylic oxidation sites excluding steroid dienone is 4. The molecule has 1 atom stereocenters. The summed E-state index contributed by atoms with van der Waals surface area (Å²) in [5.41, 5.74) is 9.01. The molecule has 0 heterocycles. The lowest BCUT2D eigenvalue weighted by Crippen LogP contribution is -1.96. The smallest absolute Gasteiger partial charge is 0.00557 e. The van der Waals surface area contributed by atoms with Crippen molar-refractivity contribution in [3.05, 3.63) is 157 Å². The molecule has 0 fully saturated rings. The molecule has 0 saturated heterocycles. The Morgan fingerprint density at radius 3 is 1.58 bits per heavy atom. The van der Waals surface area contributed by atoms with Crippen molar-refractivity contribution >= 4 is 21.5 Å². The summed E-state index contributed by atoms with van der Waals surface area (Å²) in [5, 5.41) is 5.15. The maximum absolute atomic E-state index is 2.31. The van der Waals surface area contributed by atoms with E-state index in [2.05, 4.69) is 152 Å². The summed E-state index contributed by atoms with van der Waals surface area (Å²) < 4.78 is 0. The Kier molecular flexibility index (Phi) is 5.72. The van der Waals surface area contributed by atoms with Crippen LogP contribution in [0.4, 0.5) is 0 Å². The molecule has 1 unspecified atom stereocenters. The van der Waals surface area contributed by atoms with Crippen LogP contribution in [-0.2, 0) is 0 Å². The summed E-state index contributed by atoms with van der Waals surface area (Å²) in [5.74, 6) is 0.458. The molecule has 0 N–H and O–H groups in total. The molecule has 0 radical (unpaired) electrons. The van der Waals surface area contributed by atoms with Gasteiger partial charge in [-0.05, 0) is 66.9 Å². The first-order valence-electron chi connectivity index (χ1n) is 13.4. The maximum Gasteiger partial charge on any atom is 0.00557 e. The summed E-state index contributed by atoms with van der Waals surface area (Å²) in [6.45, 7) is 0. The van der Waals surface area contributed by atoms with Gasteiger partial charge in [0.25, 0.3) is 0 Å². The summed E-state index contributed by atoms with van der Waals surface area (Å²) in [6.07, 6.45) is 9.93. The second-order valence-electron chi connectivity index (χ2n) is 10.0. The second-order valence-corrected chi connectivity index (χ2v) is 10.0. The highest BCUT2D eigenvalue weighted by Crippen LogP contribution is 2.46. The zero-order chi connectivity index (χ0) is 25.3. The van der Waals surface area contributed by atoms with Gasteiger partial charge in [0.1, 0.15) is 0 Å². The Bertz CT molecular complexity index is 1760. The van der Waals surface area contributed by atoms with Crippen LogP contribution in [0.1, 0.15) is 17.9 Å². The van der Waals surface area contributed by atoms with Crippen molar-refractivity contribution in [2.24, 2.45) is 0 Å². The summed E-state index contributed by atoms with van der Waals surface area (Å²) in [4.78, 5) is 0. The fraction of sp³-hybridized carbons (Fsp3) is 0.0526. The third-order valence-electron chi connectivity index (χ3n) is 7.82. The van der Waals surface area contributed by atoms with Gasteiger partial charge in [0.05, 0.1) is 0 Å². The minimum atomic E-state index is 0.458. The SMILES string of the molecule is C1=CCC(c2ccc(-c3c4ccccc4c(-c4ccccc4-c4ccccc4)c4ccccc34)cc2)C=C1. The molecular formula is C38H28. The van der Waals surface area contributed by atoms with E-state index in [1.165, 1.54) is 60.5 Å². The second kappa shape index (κ2) is 9.65.